The molecule has 0 aromatic heterocycles. The van der Waals surface area contributed by atoms with Gasteiger partial charge in [0.2, 0.25) is 0 Å². The van der Waals surface area contributed by atoms with E-state index in [1.807, 2.05) is 0 Å². The van der Waals surface area contributed by atoms with Crippen molar-refractivity contribution in [3.63, 3.8) is 0 Å². The predicted octanol–water partition coefficient (Wildman–Crippen LogP) is 4.54. The van der Waals surface area contributed by atoms with Crippen molar-refractivity contribution in [1.29, 1.82) is 0 Å². The van der Waals surface area contributed by atoms with Crippen molar-refractivity contribution in [1.82, 2.24) is 0 Å². The fourth-order valence-corrected chi connectivity index (χ4v) is 1.38. The van der Waals surface area contributed by atoms with E-state index in [0.717, 1.165) is 5.92 Å². The minimum atomic E-state index is 0.929. The summed E-state index contributed by atoms with van der Waals surface area (Å²) in [6, 6.07) is 0. The summed E-state index contributed by atoms with van der Waals surface area (Å²) in [5.74, 6) is 0.929. The molecule has 0 heterocycles. The van der Waals surface area contributed by atoms with Crippen LogP contribution in [0.4, 0.5) is 0 Å². The average molecular weight is 266 g/mol. The zero-order chi connectivity index (χ0) is 8.53. The van der Waals surface area contributed by atoms with Gasteiger partial charge in [0.05, 0.1) is 0 Å². The van der Waals surface area contributed by atoms with Gasteiger partial charge in [0.1, 0.15) is 0 Å². The van der Waals surface area contributed by atoms with Crippen molar-refractivity contribution < 1.29 is 0 Å². The summed E-state index contributed by atoms with van der Waals surface area (Å²) >= 11 is 2.28. The first-order chi connectivity index (χ1) is 5.31. The maximum atomic E-state index is 2.34. The Labute approximate surface area is 84.6 Å². The number of allylic oxidation sites excluding steroid dienone is 1. The van der Waals surface area contributed by atoms with Crippen LogP contribution in [0.1, 0.15) is 46.0 Å². The lowest BCUT2D eigenvalue weighted by molar-refractivity contribution is 0.486. The van der Waals surface area contributed by atoms with Gasteiger partial charge in [0.15, 0.2) is 0 Å². The second-order valence-electron chi connectivity index (χ2n) is 3.16. The largest absolute Gasteiger partial charge is 0.0785 e. The molecule has 0 spiro atoms. The summed E-state index contributed by atoms with van der Waals surface area (Å²) in [7, 11) is 0. The maximum absolute atomic E-state index is 2.34. The Morgan fingerprint density at radius 3 is 2.64 bits per heavy atom. The molecule has 11 heavy (non-hydrogen) atoms. The van der Waals surface area contributed by atoms with Gasteiger partial charge < -0.3 is 0 Å². The van der Waals surface area contributed by atoms with Crippen LogP contribution in [0.5, 0.6) is 0 Å². The molecule has 0 aliphatic carbocycles. The van der Waals surface area contributed by atoms with Crippen molar-refractivity contribution in [2.75, 3.05) is 0 Å². The van der Waals surface area contributed by atoms with E-state index in [1.165, 1.54) is 32.1 Å². The number of rotatable bonds is 6. The molecule has 0 saturated carbocycles. The van der Waals surface area contributed by atoms with Crippen LogP contribution in [0.3, 0.4) is 0 Å². The highest BCUT2D eigenvalue weighted by molar-refractivity contribution is 14.1. The number of hydrogen-bond acceptors (Lipinski definition) is 0. The molecule has 0 aliphatic rings. The maximum Gasteiger partial charge on any atom is -0.0274 e. The number of hydrogen-bond donors (Lipinski definition) is 0. The van der Waals surface area contributed by atoms with Crippen LogP contribution in [0.15, 0.2) is 10.2 Å². The van der Waals surface area contributed by atoms with Crippen LogP contribution in [-0.2, 0) is 0 Å². The first-order valence-electron chi connectivity index (χ1n) is 4.56. The zero-order valence-corrected chi connectivity index (χ0v) is 9.80. The molecule has 1 atom stereocenters. The van der Waals surface area contributed by atoms with E-state index in [-0.39, 0.29) is 0 Å². The van der Waals surface area contributed by atoms with Gasteiger partial charge in [-0.05, 0) is 22.8 Å². The first kappa shape index (κ1) is 11.5. The Bertz CT molecular complexity index is 97.0. The molecule has 0 bridgehead atoms. The van der Waals surface area contributed by atoms with Gasteiger partial charge in [-0.25, -0.2) is 0 Å². The Morgan fingerprint density at radius 2 is 2.09 bits per heavy atom. The molecule has 0 aliphatic heterocycles. The Balaban J connectivity index is 3.01. The van der Waals surface area contributed by atoms with Crippen molar-refractivity contribution in [3.05, 3.63) is 10.2 Å². The number of unbranched alkanes of at least 4 members (excludes halogenated alkanes) is 2. The van der Waals surface area contributed by atoms with Gasteiger partial charge in [-0.2, -0.15) is 0 Å². The molecule has 0 radical (unpaired) electrons. The smallest absolute Gasteiger partial charge is 0.0274 e. The first-order valence-corrected chi connectivity index (χ1v) is 5.81. The average Bonchev–Trinajstić information content (AvgIpc) is 2.04. The summed E-state index contributed by atoms with van der Waals surface area (Å²) in [6.07, 6.45) is 9.02. The Hall–Kier alpha value is 0.470. The van der Waals surface area contributed by atoms with Crippen LogP contribution in [-0.4, -0.2) is 0 Å². The van der Waals surface area contributed by atoms with Crippen molar-refractivity contribution >= 4 is 22.6 Å². The fourth-order valence-electron chi connectivity index (χ4n) is 1.02. The van der Waals surface area contributed by atoms with Gasteiger partial charge in [-0.3, -0.25) is 0 Å². The van der Waals surface area contributed by atoms with E-state index in [9.17, 15) is 0 Å². The van der Waals surface area contributed by atoms with Gasteiger partial charge in [-0.15, -0.1) is 0 Å². The molecule has 0 amide bonds. The molecule has 0 rings (SSSR count). The number of halogens is 1. The molecule has 66 valence electrons. The van der Waals surface area contributed by atoms with Crippen LogP contribution >= 0.6 is 22.6 Å². The van der Waals surface area contributed by atoms with Gasteiger partial charge >= 0.3 is 0 Å². The van der Waals surface area contributed by atoms with Crippen LogP contribution in [0.2, 0.25) is 0 Å². The lowest BCUT2D eigenvalue weighted by atomic mass is 10.0. The lowest BCUT2D eigenvalue weighted by Gasteiger charge is -2.05. The minimum Gasteiger partial charge on any atom is -0.0785 e. The van der Waals surface area contributed by atoms with E-state index in [2.05, 4.69) is 46.6 Å². The topological polar surface area (TPSA) is 0 Å². The molecule has 1 heteroatoms. The highest BCUT2D eigenvalue weighted by Crippen LogP contribution is 2.12. The summed E-state index contributed by atoms with van der Waals surface area (Å²) in [6.45, 7) is 4.61. The molecule has 0 nitrogen and oxygen atoms in total. The summed E-state index contributed by atoms with van der Waals surface area (Å²) in [4.78, 5) is 0. The van der Waals surface area contributed by atoms with Gasteiger partial charge in [-0.1, -0.05) is 61.8 Å². The van der Waals surface area contributed by atoms with Gasteiger partial charge in [0.25, 0.3) is 0 Å². The third kappa shape index (κ3) is 8.38. The highest BCUT2D eigenvalue weighted by atomic mass is 127. The summed E-state index contributed by atoms with van der Waals surface area (Å²) in [5, 5.41) is 0. The van der Waals surface area contributed by atoms with Crippen molar-refractivity contribution in [2.24, 2.45) is 5.92 Å². The van der Waals surface area contributed by atoms with Crippen LogP contribution in [0, 0.1) is 5.92 Å². The molecule has 0 fully saturated rings. The Morgan fingerprint density at radius 1 is 1.36 bits per heavy atom. The van der Waals surface area contributed by atoms with E-state index in [1.54, 1.807) is 0 Å². The monoisotopic (exact) mass is 266 g/mol. The van der Waals surface area contributed by atoms with Crippen molar-refractivity contribution in [2.45, 2.75) is 46.0 Å². The van der Waals surface area contributed by atoms with Crippen LogP contribution < -0.4 is 0 Å². The predicted molar refractivity (Wildman–Crippen MR) is 61.1 cm³/mol. The third-order valence-corrected chi connectivity index (χ3v) is 2.61. The normalized spacial score (nSPS) is 14.1. The standard InChI is InChI=1S/C10H19I/c1-3-10(2)8-6-4-5-7-9-11/h7,9-10H,3-6,8H2,1-2H3. The quantitative estimate of drug-likeness (QED) is 0.489. The molecular weight excluding hydrogens is 247 g/mol. The van der Waals surface area contributed by atoms with Gasteiger partial charge in [0, 0.05) is 0 Å². The minimum absolute atomic E-state index is 0.929. The third-order valence-electron chi connectivity index (χ3n) is 2.10. The molecular formula is C10H19I. The highest BCUT2D eigenvalue weighted by Gasteiger charge is 1.96. The van der Waals surface area contributed by atoms with E-state index in [4.69, 9.17) is 0 Å². The molecule has 0 aromatic carbocycles. The second kappa shape index (κ2) is 8.57. The zero-order valence-electron chi connectivity index (χ0n) is 7.65. The van der Waals surface area contributed by atoms with Crippen molar-refractivity contribution in [3.8, 4) is 0 Å². The van der Waals surface area contributed by atoms with E-state index >= 15 is 0 Å². The molecule has 0 aromatic rings. The Kier molecular flexibility index (Phi) is 8.93. The van der Waals surface area contributed by atoms with E-state index < -0.39 is 0 Å². The summed E-state index contributed by atoms with van der Waals surface area (Å²) in [5.41, 5.74) is 0. The summed E-state index contributed by atoms with van der Waals surface area (Å²) < 4.78 is 2.11. The lowest BCUT2D eigenvalue weighted by Crippen LogP contribution is -1.90. The molecule has 0 N–H and O–H groups in total. The second-order valence-corrected chi connectivity index (χ2v) is 3.88. The fraction of sp³-hybridized carbons (Fsp3) is 0.800. The molecule has 0 saturated heterocycles. The SMILES string of the molecule is CCC(C)CCCCC=CI. The van der Waals surface area contributed by atoms with E-state index in [0.29, 0.717) is 0 Å². The van der Waals surface area contributed by atoms with Crippen LogP contribution in [0.25, 0.3) is 0 Å². The molecule has 1 unspecified atom stereocenters.